The lowest BCUT2D eigenvalue weighted by molar-refractivity contribution is -0.142. The number of carbonyl (C=O) groups excluding carboxylic acids is 1. The molecule has 5 heteroatoms. The number of halogens is 1. The average molecular weight is 374 g/mol. The van der Waals surface area contributed by atoms with Crippen molar-refractivity contribution in [1.82, 2.24) is 0 Å². The van der Waals surface area contributed by atoms with Gasteiger partial charge in [-0.25, -0.2) is 4.39 Å². The van der Waals surface area contributed by atoms with Crippen molar-refractivity contribution in [3.63, 3.8) is 0 Å². The lowest BCUT2D eigenvalue weighted by atomic mass is 10.0. The molecule has 4 nitrogen and oxygen atoms in total. The predicted molar refractivity (Wildman–Crippen MR) is 103 cm³/mol. The van der Waals surface area contributed by atoms with Crippen molar-refractivity contribution < 1.29 is 23.4 Å². The Balaban J connectivity index is 0.00000126. The zero-order valence-corrected chi connectivity index (χ0v) is 16.3. The van der Waals surface area contributed by atoms with Crippen LogP contribution in [0.5, 0.6) is 11.5 Å². The van der Waals surface area contributed by atoms with Crippen molar-refractivity contribution in [3.05, 3.63) is 48.3 Å². The highest BCUT2D eigenvalue weighted by Gasteiger charge is 2.44. The summed E-state index contributed by atoms with van der Waals surface area (Å²) in [5.41, 5.74) is 1.25. The van der Waals surface area contributed by atoms with Crippen molar-refractivity contribution in [2.75, 3.05) is 20.3 Å². The van der Waals surface area contributed by atoms with E-state index in [9.17, 15) is 9.18 Å². The lowest BCUT2D eigenvalue weighted by Gasteiger charge is -2.09. The molecule has 2 aromatic carbocycles. The fourth-order valence-corrected chi connectivity index (χ4v) is 2.79. The molecule has 1 aliphatic rings. The van der Waals surface area contributed by atoms with Gasteiger partial charge in [-0.2, -0.15) is 0 Å². The number of carbonyl (C=O) groups is 1. The Morgan fingerprint density at radius 2 is 1.74 bits per heavy atom. The van der Waals surface area contributed by atoms with E-state index in [0.29, 0.717) is 30.3 Å². The van der Waals surface area contributed by atoms with Crippen LogP contribution in [0.1, 0.15) is 27.2 Å². The molecule has 1 fully saturated rings. The Labute approximate surface area is 160 Å². The van der Waals surface area contributed by atoms with E-state index < -0.39 is 0 Å². The van der Waals surface area contributed by atoms with E-state index in [1.165, 1.54) is 13.2 Å². The quantitative estimate of drug-likeness (QED) is 0.632. The summed E-state index contributed by atoms with van der Waals surface area (Å²) in [5, 5.41) is 0. The molecule has 0 heterocycles. The molecule has 0 aromatic heterocycles. The summed E-state index contributed by atoms with van der Waals surface area (Å²) in [5.74, 6) is 1.04. The molecule has 27 heavy (non-hydrogen) atoms. The molecule has 0 amide bonds. The van der Waals surface area contributed by atoms with Crippen molar-refractivity contribution in [3.8, 4) is 22.6 Å². The van der Waals surface area contributed by atoms with Gasteiger partial charge in [-0.05, 0) is 49.2 Å². The van der Waals surface area contributed by atoms with Crippen LogP contribution in [0, 0.1) is 17.7 Å². The fraction of sp³-hybridized carbons (Fsp3) is 0.409. The molecule has 146 valence electrons. The second kappa shape index (κ2) is 9.95. The van der Waals surface area contributed by atoms with Crippen LogP contribution in [0.2, 0.25) is 0 Å². The van der Waals surface area contributed by atoms with Gasteiger partial charge in [0.2, 0.25) is 0 Å². The van der Waals surface area contributed by atoms with Crippen LogP contribution in [0.25, 0.3) is 11.1 Å². The van der Waals surface area contributed by atoms with E-state index in [1.54, 1.807) is 24.3 Å². The molecule has 2 unspecified atom stereocenters. The van der Waals surface area contributed by atoms with Gasteiger partial charge < -0.3 is 14.2 Å². The van der Waals surface area contributed by atoms with E-state index in [1.807, 2.05) is 32.9 Å². The van der Waals surface area contributed by atoms with Gasteiger partial charge >= 0.3 is 5.97 Å². The average Bonchev–Trinajstić information content (AvgIpc) is 3.49. The van der Waals surface area contributed by atoms with Gasteiger partial charge in [-0.1, -0.05) is 26.0 Å². The first-order chi connectivity index (χ1) is 13.1. The maximum atomic E-state index is 14.1. The molecule has 3 rings (SSSR count). The summed E-state index contributed by atoms with van der Waals surface area (Å²) in [4.78, 5) is 11.4. The van der Waals surface area contributed by atoms with Crippen LogP contribution in [0.4, 0.5) is 4.39 Å². The van der Waals surface area contributed by atoms with E-state index in [4.69, 9.17) is 14.2 Å². The number of methoxy groups -OCH3 is 1. The minimum atomic E-state index is -0.295. The molecule has 0 aliphatic heterocycles. The molecule has 2 aromatic rings. The van der Waals surface area contributed by atoms with Gasteiger partial charge in [0, 0.05) is 11.5 Å². The molecule has 0 radical (unpaired) electrons. The highest BCUT2D eigenvalue weighted by atomic mass is 19.1. The second-order valence-corrected chi connectivity index (χ2v) is 6.04. The molecule has 1 aliphatic carbocycles. The largest absolute Gasteiger partial charge is 0.494 e. The number of rotatable bonds is 7. The molecule has 2 atom stereocenters. The first kappa shape index (κ1) is 20.7. The Kier molecular flexibility index (Phi) is 7.65. The van der Waals surface area contributed by atoms with Crippen molar-refractivity contribution in [2.45, 2.75) is 27.2 Å². The Morgan fingerprint density at radius 3 is 2.37 bits per heavy atom. The molecule has 0 bridgehead atoms. The molecule has 0 spiro atoms. The zero-order chi connectivity index (χ0) is 19.8. The first-order valence-corrected chi connectivity index (χ1v) is 9.35. The van der Waals surface area contributed by atoms with Gasteiger partial charge in [-0.15, -0.1) is 0 Å². The Hall–Kier alpha value is -2.56. The van der Waals surface area contributed by atoms with Crippen LogP contribution in [-0.4, -0.2) is 26.3 Å². The number of hydrogen-bond donors (Lipinski definition) is 0. The first-order valence-electron chi connectivity index (χ1n) is 9.35. The summed E-state index contributed by atoms with van der Waals surface area (Å²) in [6, 6.07) is 12.0. The Morgan fingerprint density at radius 1 is 1.07 bits per heavy atom. The van der Waals surface area contributed by atoms with Crippen LogP contribution < -0.4 is 9.47 Å². The van der Waals surface area contributed by atoms with E-state index in [2.05, 4.69) is 0 Å². The van der Waals surface area contributed by atoms with E-state index >= 15 is 0 Å². The van der Waals surface area contributed by atoms with E-state index in [0.717, 1.165) is 12.0 Å². The third-order valence-corrected chi connectivity index (χ3v) is 4.30. The lowest BCUT2D eigenvalue weighted by Crippen LogP contribution is -2.08. The van der Waals surface area contributed by atoms with Crippen molar-refractivity contribution in [2.24, 2.45) is 11.8 Å². The van der Waals surface area contributed by atoms with E-state index in [-0.39, 0.29) is 23.6 Å². The zero-order valence-electron chi connectivity index (χ0n) is 16.3. The van der Waals surface area contributed by atoms with Crippen LogP contribution in [0.3, 0.4) is 0 Å². The van der Waals surface area contributed by atoms with Gasteiger partial charge in [0.1, 0.15) is 17.3 Å². The summed E-state index contributed by atoms with van der Waals surface area (Å²) in [6.07, 6.45) is 0.806. The topological polar surface area (TPSA) is 44.8 Å². The Bertz CT molecular complexity index is 742. The SMILES string of the molecule is CC.CCOc1ccc(F)c(-c2ccc(OCC3CC3C(=O)OC)cc2)c1. The number of benzene rings is 2. The van der Waals surface area contributed by atoms with Crippen LogP contribution in [-0.2, 0) is 9.53 Å². The maximum Gasteiger partial charge on any atom is 0.309 e. The number of hydrogen-bond acceptors (Lipinski definition) is 4. The summed E-state index contributed by atoms with van der Waals surface area (Å²) < 4.78 is 29.9. The smallest absolute Gasteiger partial charge is 0.309 e. The van der Waals surface area contributed by atoms with Gasteiger partial charge in [0.25, 0.3) is 0 Å². The predicted octanol–water partition coefficient (Wildman–Crippen LogP) is 5.11. The summed E-state index contributed by atoms with van der Waals surface area (Å²) >= 11 is 0. The standard InChI is InChI=1S/C20H21FO4.C2H6/c1-3-24-16-8-9-19(21)17(11-16)13-4-6-15(7-5-13)25-12-14-10-18(14)20(22)23-2;1-2/h4-9,11,14,18H,3,10,12H2,1-2H3;1-2H3. The highest BCUT2D eigenvalue weighted by molar-refractivity contribution is 5.75. The van der Waals surface area contributed by atoms with Crippen LogP contribution in [0.15, 0.2) is 42.5 Å². The summed E-state index contributed by atoms with van der Waals surface area (Å²) in [7, 11) is 1.40. The minimum Gasteiger partial charge on any atom is -0.494 e. The third kappa shape index (κ3) is 5.46. The molecule has 1 saturated carbocycles. The number of ether oxygens (including phenoxy) is 3. The monoisotopic (exact) mass is 374 g/mol. The second-order valence-electron chi connectivity index (χ2n) is 6.04. The van der Waals surface area contributed by atoms with Gasteiger partial charge in [0.05, 0.1) is 26.2 Å². The molecule has 0 N–H and O–H groups in total. The van der Waals surface area contributed by atoms with Gasteiger partial charge in [0.15, 0.2) is 0 Å². The summed E-state index contributed by atoms with van der Waals surface area (Å²) in [6.45, 7) is 6.90. The molecule has 0 saturated heterocycles. The number of esters is 1. The van der Waals surface area contributed by atoms with Crippen molar-refractivity contribution in [1.29, 1.82) is 0 Å². The maximum absolute atomic E-state index is 14.1. The minimum absolute atomic E-state index is 0.0420. The molecular formula is C22H27FO4. The highest BCUT2D eigenvalue weighted by Crippen LogP contribution is 2.39. The van der Waals surface area contributed by atoms with Gasteiger partial charge in [-0.3, -0.25) is 4.79 Å². The fourth-order valence-electron chi connectivity index (χ4n) is 2.79. The normalized spacial score (nSPS) is 17.4. The molecular weight excluding hydrogens is 347 g/mol. The van der Waals surface area contributed by atoms with Crippen molar-refractivity contribution >= 4 is 5.97 Å². The third-order valence-electron chi connectivity index (χ3n) is 4.30. The van der Waals surface area contributed by atoms with Crippen LogP contribution >= 0.6 is 0 Å².